The average Bonchev–Trinajstić information content (AvgIpc) is 2.23. The molecule has 4 heteroatoms. The van der Waals surface area contributed by atoms with Gasteiger partial charge in [-0.25, -0.2) is 0 Å². The highest BCUT2D eigenvalue weighted by molar-refractivity contribution is 4.79. The van der Waals surface area contributed by atoms with Crippen molar-refractivity contribution < 1.29 is 19.7 Å². The predicted octanol–water partition coefficient (Wildman–Crippen LogP) is 1.21. The van der Waals surface area contributed by atoms with Crippen molar-refractivity contribution >= 4 is 0 Å². The SMILES string of the molecule is C=CCC[C@@H](C)O[C@@H]1OC(C)[C@H](O)CC1O. The largest absolute Gasteiger partial charge is 0.390 e. The third-order valence-electron chi connectivity index (χ3n) is 2.83. The van der Waals surface area contributed by atoms with Crippen LogP contribution in [0.25, 0.3) is 0 Å². The number of hydrogen-bond acceptors (Lipinski definition) is 4. The third kappa shape index (κ3) is 3.87. The maximum absolute atomic E-state index is 9.70. The van der Waals surface area contributed by atoms with Gasteiger partial charge in [0.05, 0.1) is 18.3 Å². The van der Waals surface area contributed by atoms with Gasteiger partial charge in [-0.2, -0.15) is 0 Å². The Hall–Kier alpha value is -0.420. The van der Waals surface area contributed by atoms with Crippen molar-refractivity contribution in [2.45, 2.75) is 63.8 Å². The Balaban J connectivity index is 2.38. The minimum absolute atomic E-state index is 0.0140. The molecule has 0 spiro atoms. The quantitative estimate of drug-likeness (QED) is 0.697. The first-order valence-electron chi connectivity index (χ1n) is 5.82. The van der Waals surface area contributed by atoms with Crippen molar-refractivity contribution in [3.63, 3.8) is 0 Å². The van der Waals surface area contributed by atoms with Crippen LogP contribution < -0.4 is 0 Å². The fourth-order valence-electron chi connectivity index (χ4n) is 1.72. The molecule has 1 aliphatic heterocycles. The first-order valence-corrected chi connectivity index (χ1v) is 5.82. The summed E-state index contributed by atoms with van der Waals surface area (Å²) in [6.45, 7) is 7.37. The molecular formula is C12H22O4. The first kappa shape index (κ1) is 13.6. The van der Waals surface area contributed by atoms with E-state index >= 15 is 0 Å². The molecule has 0 radical (unpaired) electrons. The van der Waals surface area contributed by atoms with E-state index in [2.05, 4.69) is 6.58 Å². The van der Waals surface area contributed by atoms with E-state index in [1.807, 2.05) is 13.0 Å². The summed E-state index contributed by atoms with van der Waals surface area (Å²) >= 11 is 0. The van der Waals surface area contributed by atoms with Gasteiger partial charge in [0, 0.05) is 6.42 Å². The van der Waals surface area contributed by atoms with Gasteiger partial charge in [-0.3, -0.25) is 0 Å². The molecule has 1 rings (SSSR count). The van der Waals surface area contributed by atoms with Gasteiger partial charge >= 0.3 is 0 Å². The van der Waals surface area contributed by atoms with Gasteiger partial charge in [0.2, 0.25) is 0 Å². The molecule has 1 saturated heterocycles. The van der Waals surface area contributed by atoms with E-state index in [-0.39, 0.29) is 12.2 Å². The Bertz CT molecular complexity index is 219. The van der Waals surface area contributed by atoms with E-state index in [0.717, 1.165) is 12.8 Å². The van der Waals surface area contributed by atoms with Crippen molar-refractivity contribution in [1.29, 1.82) is 0 Å². The molecule has 0 amide bonds. The van der Waals surface area contributed by atoms with Crippen molar-refractivity contribution in [3.05, 3.63) is 12.7 Å². The summed E-state index contributed by atoms with van der Waals surface area (Å²) in [7, 11) is 0. The zero-order valence-electron chi connectivity index (χ0n) is 10.0. The second-order valence-electron chi connectivity index (χ2n) is 4.39. The van der Waals surface area contributed by atoms with Crippen LogP contribution in [0.15, 0.2) is 12.7 Å². The van der Waals surface area contributed by atoms with Crippen molar-refractivity contribution in [2.24, 2.45) is 0 Å². The molecule has 5 atom stereocenters. The summed E-state index contributed by atoms with van der Waals surface area (Å²) in [5.41, 5.74) is 0. The molecule has 0 aromatic heterocycles. The Morgan fingerprint density at radius 1 is 1.50 bits per heavy atom. The molecule has 0 saturated carbocycles. The predicted molar refractivity (Wildman–Crippen MR) is 60.9 cm³/mol. The number of hydrogen-bond donors (Lipinski definition) is 2. The van der Waals surface area contributed by atoms with Crippen LogP contribution in [0.5, 0.6) is 0 Å². The van der Waals surface area contributed by atoms with E-state index in [4.69, 9.17) is 9.47 Å². The van der Waals surface area contributed by atoms with Gasteiger partial charge in [0.15, 0.2) is 6.29 Å². The Labute approximate surface area is 96.9 Å². The third-order valence-corrected chi connectivity index (χ3v) is 2.83. The topological polar surface area (TPSA) is 58.9 Å². The Morgan fingerprint density at radius 2 is 2.19 bits per heavy atom. The number of ether oxygens (including phenoxy) is 2. The maximum Gasteiger partial charge on any atom is 0.184 e. The van der Waals surface area contributed by atoms with Crippen molar-refractivity contribution in [2.75, 3.05) is 0 Å². The lowest BCUT2D eigenvalue weighted by Crippen LogP contribution is -2.48. The van der Waals surface area contributed by atoms with Gasteiger partial charge in [-0.15, -0.1) is 6.58 Å². The van der Waals surface area contributed by atoms with E-state index in [1.165, 1.54) is 0 Å². The van der Waals surface area contributed by atoms with Crippen LogP contribution in [-0.4, -0.2) is 40.9 Å². The molecule has 16 heavy (non-hydrogen) atoms. The highest BCUT2D eigenvalue weighted by Crippen LogP contribution is 2.22. The normalized spacial score (nSPS) is 37.0. The molecule has 0 aliphatic carbocycles. The van der Waals surface area contributed by atoms with E-state index in [1.54, 1.807) is 6.92 Å². The summed E-state index contributed by atoms with van der Waals surface area (Å²) < 4.78 is 11.0. The molecule has 1 fully saturated rings. The fraction of sp³-hybridized carbons (Fsp3) is 0.833. The molecule has 2 N–H and O–H groups in total. The second-order valence-corrected chi connectivity index (χ2v) is 4.39. The van der Waals surface area contributed by atoms with Crippen molar-refractivity contribution in [1.82, 2.24) is 0 Å². The highest BCUT2D eigenvalue weighted by Gasteiger charge is 2.35. The molecule has 94 valence electrons. The van der Waals surface area contributed by atoms with E-state index in [9.17, 15) is 10.2 Å². The molecule has 2 unspecified atom stereocenters. The minimum atomic E-state index is -0.752. The summed E-state index contributed by atoms with van der Waals surface area (Å²) in [5.74, 6) is 0. The summed E-state index contributed by atoms with van der Waals surface area (Å²) in [6.07, 6.45) is 1.61. The van der Waals surface area contributed by atoms with Gasteiger partial charge in [0.1, 0.15) is 6.10 Å². The zero-order valence-corrected chi connectivity index (χ0v) is 10.0. The summed E-state index contributed by atoms with van der Waals surface area (Å²) in [6, 6.07) is 0. The van der Waals surface area contributed by atoms with Crippen LogP contribution in [0.3, 0.4) is 0 Å². The molecule has 0 aromatic rings. The van der Waals surface area contributed by atoms with Gasteiger partial charge in [-0.05, 0) is 26.7 Å². The maximum atomic E-state index is 9.70. The van der Waals surface area contributed by atoms with Gasteiger partial charge < -0.3 is 19.7 Å². The molecule has 0 bridgehead atoms. The van der Waals surface area contributed by atoms with Gasteiger partial charge in [0.25, 0.3) is 0 Å². The lowest BCUT2D eigenvalue weighted by Gasteiger charge is -2.36. The van der Waals surface area contributed by atoms with E-state index in [0.29, 0.717) is 6.42 Å². The Morgan fingerprint density at radius 3 is 2.81 bits per heavy atom. The smallest absolute Gasteiger partial charge is 0.184 e. The van der Waals surface area contributed by atoms with E-state index < -0.39 is 18.5 Å². The van der Waals surface area contributed by atoms with Crippen LogP contribution in [-0.2, 0) is 9.47 Å². The lowest BCUT2D eigenvalue weighted by molar-refractivity contribution is -0.273. The van der Waals surface area contributed by atoms with Crippen LogP contribution in [0.2, 0.25) is 0 Å². The van der Waals surface area contributed by atoms with Crippen LogP contribution in [0, 0.1) is 0 Å². The monoisotopic (exact) mass is 230 g/mol. The summed E-state index contributed by atoms with van der Waals surface area (Å²) in [5, 5.41) is 19.2. The number of aliphatic hydroxyl groups is 2. The Kier molecular flexibility index (Phi) is 5.41. The minimum Gasteiger partial charge on any atom is -0.390 e. The summed E-state index contributed by atoms with van der Waals surface area (Å²) in [4.78, 5) is 0. The van der Waals surface area contributed by atoms with Crippen LogP contribution in [0.1, 0.15) is 33.1 Å². The molecule has 1 heterocycles. The van der Waals surface area contributed by atoms with Gasteiger partial charge in [-0.1, -0.05) is 6.08 Å². The fourth-order valence-corrected chi connectivity index (χ4v) is 1.72. The second kappa shape index (κ2) is 6.35. The molecular weight excluding hydrogens is 208 g/mol. The number of allylic oxidation sites excluding steroid dienone is 1. The van der Waals surface area contributed by atoms with Crippen molar-refractivity contribution in [3.8, 4) is 0 Å². The first-order chi connectivity index (χ1) is 7.54. The highest BCUT2D eigenvalue weighted by atomic mass is 16.7. The average molecular weight is 230 g/mol. The van der Waals surface area contributed by atoms with Crippen LogP contribution >= 0.6 is 0 Å². The molecule has 4 nitrogen and oxygen atoms in total. The van der Waals surface area contributed by atoms with Crippen LogP contribution in [0.4, 0.5) is 0 Å². The number of aliphatic hydroxyl groups excluding tert-OH is 2. The number of rotatable bonds is 5. The zero-order chi connectivity index (χ0) is 12.1. The molecule has 1 aliphatic rings. The lowest BCUT2D eigenvalue weighted by atomic mass is 10.0. The molecule has 0 aromatic carbocycles. The standard InChI is InChI=1S/C12H22O4/c1-4-5-6-8(2)15-12-11(14)7-10(13)9(3)16-12/h4,8-14H,1,5-7H2,2-3H3/t8-,9?,10-,11?,12-/m1/s1.